The zero-order valence-corrected chi connectivity index (χ0v) is 14.2. The van der Waals surface area contributed by atoms with Gasteiger partial charge in [0, 0.05) is 30.7 Å². The van der Waals surface area contributed by atoms with Crippen molar-refractivity contribution < 1.29 is 8.78 Å². The number of nitrogens with zero attached hydrogens (tertiary/aromatic N) is 4. The number of fused-ring (bicyclic) bond motifs is 1. The lowest BCUT2D eigenvalue weighted by atomic mass is 9.93. The van der Waals surface area contributed by atoms with Crippen LogP contribution in [-0.2, 0) is 5.67 Å². The van der Waals surface area contributed by atoms with Crippen molar-refractivity contribution in [3.05, 3.63) is 65.4 Å². The molecule has 0 amide bonds. The molecule has 1 fully saturated rings. The van der Waals surface area contributed by atoms with Gasteiger partial charge in [0.2, 0.25) is 0 Å². The Morgan fingerprint density at radius 3 is 2.88 bits per heavy atom. The maximum absolute atomic E-state index is 15.7. The van der Waals surface area contributed by atoms with Crippen molar-refractivity contribution >= 4 is 16.6 Å². The molecule has 130 valence electrons. The van der Waals surface area contributed by atoms with Gasteiger partial charge in [-0.3, -0.25) is 9.97 Å². The van der Waals surface area contributed by atoms with Crippen molar-refractivity contribution in [3.63, 3.8) is 0 Å². The SMILES string of the molecule is Cc1cc(F)cc(C2(F)CCN(c3c(C#N)cnc4cnccc34)C2)c1. The largest absolute Gasteiger partial charge is 0.366 e. The number of nitriles is 1. The number of halogens is 2. The first kappa shape index (κ1) is 16.4. The minimum atomic E-state index is -1.66. The van der Waals surface area contributed by atoms with Crippen LogP contribution in [0.4, 0.5) is 14.5 Å². The first-order chi connectivity index (χ1) is 12.5. The van der Waals surface area contributed by atoms with E-state index in [0.717, 1.165) is 5.39 Å². The molecule has 3 aromatic rings. The molecule has 0 saturated carbocycles. The van der Waals surface area contributed by atoms with E-state index in [1.54, 1.807) is 31.5 Å². The number of benzene rings is 1. The molecule has 0 bridgehead atoms. The first-order valence-corrected chi connectivity index (χ1v) is 8.34. The van der Waals surface area contributed by atoms with Gasteiger partial charge in [-0.15, -0.1) is 0 Å². The summed E-state index contributed by atoms with van der Waals surface area (Å²) < 4.78 is 29.4. The van der Waals surface area contributed by atoms with Crippen LogP contribution in [0.15, 0.2) is 42.9 Å². The maximum atomic E-state index is 15.7. The van der Waals surface area contributed by atoms with Crippen LogP contribution in [0.2, 0.25) is 0 Å². The highest BCUT2D eigenvalue weighted by Crippen LogP contribution is 2.41. The van der Waals surface area contributed by atoms with E-state index >= 15 is 4.39 Å². The second-order valence-corrected chi connectivity index (χ2v) is 6.68. The minimum absolute atomic E-state index is 0.0615. The summed E-state index contributed by atoms with van der Waals surface area (Å²) in [6, 6.07) is 8.26. The van der Waals surface area contributed by atoms with Crippen LogP contribution in [-0.4, -0.2) is 23.1 Å². The number of aromatic nitrogens is 2. The fourth-order valence-electron chi connectivity index (χ4n) is 3.65. The molecule has 6 heteroatoms. The molecule has 2 aromatic heterocycles. The van der Waals surface area contributed by atoms with Crippen LogP contribution in [0, 0.1) is 24.1 Å². The molecule has 0 radical (unpaired) electrons. The van der Waals surface area contributed by atoms with E-state index in [2.05, 4.69) is 16.0 Å². The van der Waals surface area contributed by atoms with Crippen LogP contribution in [0.5, 0.6) is 0 Å². The smallest absolute Gasteiger partial charge is 0.155 e. The topological polar surface area (TPSA) is 52.8 Å². The van der Waals surface area contributed by atoms with Crippen LogP contribution in [0.3, 0.4) is 0 Å². The monoisotopic (exact) mass is 350 g/mol. The standard InChI is InChI=1S/C20H16F2N4/c1-13-6-15(8-16(21)7-13)20(22)3-5-26(12-20)19-14(9-23)10-25-18-11-24-4-2-17(18)19/h2,4,6-8,10-11H,3,5,12H2,1H3. The molecule has 0 N–H and O–H groups in total. The van der Waals surface area contributed by atoms with Crippen molar-refractivity contribution in [1.29, 1.82) is 5.26 Å². The highest BCUT2D eigenvalue weighted by Gasteiger charge is 2.41. The number of pyridine rings is 2. The van der Waals surface area contributed by atoms with Crippen LogP contribution in [0.1, 0.15) is 23.1 Å². The Kier molecular flexibility index (Phi) is 3.80. The second kappa shape index (κ2) is 6.03. The van der Waals surface area contributed by atoms with E-state index in [9.17, 15) is 9.65 Å². The fourth-order valence-corrected chi connectivity index (χ4v) is 3.65. The molecule has 1 unspecified atom stereocenters. The predicted molar refractivity (Wildman–Crippen MR) is 95.0 cm³/mol. The summed E-state index contributed by atoms with van der Waals surface area (Å²) in [5.74, 6) is -0.436. The van der Waals surface area contributed by atoms with E-state index in [1.807, 2.05) is 4.90 Å². The molecule has 4 rings (SSSR count). The number of hydrogen-bond donors (Lipinski definition) is 0. The summed E-state index contributed by atoms with van der Waals surface area (Å²) in [4.78, 5) is 10.1. The Hall–Kier alpha value is -3.07. The lowest BCUT2D eigenvalue weighted by Crippen LogP contribution is -2.28. The van der Waals surface area contributed by atoms with Crippen molar-refractivity contribution in [2.75, 3.05) is 18.0 Å². The zero-order chi connectivity index (χ0) is 18.3. The third kappa shape index (κ3) is 2.66. The van der Waals surface area contributed by atoms with Crippen molar-refractivity contribution in [3.8, 4) is 6.07 Å². The van der Waals surface area contributed by atoms with Gasteiger partial charge in [-0.1, -0.05) is 6.07 Å². The van der Waals surface area contributed by atoms with E-state index in [-0.39, 0.29) is 13.0 Å². The van der Waals surface area contributed by atoms with Crippen molar-refractivity contribution in [1.82, 2.24) is 9.97 Å². The second-order valence-electron chi connectivity index (χ2n) is 6.68. The highest BCUT2D eigenvalue weighted by molar-refractivity contribution is 5.94. The summed E-state index contributed by atoms with van der Waals surface area (Å²) in [5, 5.41) is 10.2. The summed E-state index contributed by atoms with van der Waals surface area (Å²) in [5.41, 5.74) is 1.07. The molecular formula is C20H16F2N4. The van der Waals surface area contributed by atoms with Crippen molar-refractivity contribution in [2.45, 2.75) is 19.0 Å². The first-order valence-electron chi connectivity index (χ1n) is 8.34. The van der Waals surface area contributed by atoms with Gasteiger partial charge in [0.15, 0.2) is 5.67 Å². The molecule has 1 aliphatic rings. The van der Waals surface area contributed by atoms with Gasteiger partial charge in [-0.05, 0) is 36.2 Å². The van der Waals surface area contributed by atoms with Gasteiger partial charge in [-0.2, -0.15) is 5.26 Å². The molecule has 0 aliphatic carbocycles. The Morgan fingerprint density at radius 1 is 1.27 bits per heavy atom. The number of aryl methyl sites for hydroxylation is 1. The number of anilines is 1. The average Bonchev–Trinajstić information content (AvgIpc) is 3.03. The summed E-state index contributed by atoms with van der Waals surface area (Å²) >= 11 is 0. The molecule has 0 spiro atoms. The van der Waals surface area contributed by atoms with Gasteiger partial charge in [0.05, 0.1) is 29.5 Å². The number of alkyl halides is 1. The number of hydrogen-bond acceptors (Lipinski definition) is 4. The molecule has 4 nitrogen and oxygen atoms in total. The molecule has 3 heterocycles. The van der Waals surface area contributed by atoms with Gasteiger partial charge in [0.1, 0.15) is 11.9 Å². The molecular weight excluding hydrogens is 334 g/mol. The van der Waals surface area contributed by atoms with Gasteiger partial charge in [0.25, 0.3) is 0 Å². The maximum Gasteiger partial charge on any atom is 0.155 e. The predicted octanol–water partition coefficient (Wildman–Crippen LogP) is 4.02. The van der Waals surface area contributed by atoms with E-state index in [0.29, 0.717) is 34.4 Å². The zero-order valence-electron chi connectivity index (χ0n) is 14.2. The highest BCUT2D eigenvalue weighted by atomic mass is 19.1. The molecule has 1 aromatic carbocycles. The summed E-state index contributed by atoms with van der Waals surface area (Å²) in [6.45, 7) is 2.24. The molecule has 1 saturated heterocycles. The van der Waals surface area contributed by atoms with E-state index in [1.165, 1.54) is 18.3 Å². The Morgan fingerprint density at radius 2 is 2.12 bits per heavy atom. The van der Waals surface area contributed by atoms with Crippen LogP contribution in [0.25, 0.3) is 10.9 Å². The molecule has 1 aliphatic heterocycles. The summed E-state index contributed by atoms with van der Waals surface area (Å²) in [6.07, 6.45) is 4.97. The minimum Gasteiger partial charge on any atom is -0.366 e. The van der Waals surface area contributed by atoms with Crippen LogP contribution < -0.4 is 4.90 Å². The van der Waals surface area contributed by atoms with E-state index in [4.69, 9.17) is 0 Å². The third-order valence-corrected chi connectivity index (χ3v) is 4.86. The fraction of sp³-hybridized carbons (Fsp3) is 0.250. The lowest BCUT2D eigenvalue weighted by Gasteiger charge is -2.24. The Balaban J connectivity index is 1.78. The Labute approximate surface area is 149 Å². The van der Waals surface area contributed by atoms with Gasteiger partial charge < -0.3 is 4.90 Å². The average molecular weight is 350 g/mol. The summed E-state index contributed by atoms with van der Waals surface area (Å²) in [7, 11) is 0. The van der Waals surface area contributed by atoms with Gasteiger partial charge >= 0.3 is 0 Å². The lowest BCUT2D eigenvalue weighted by molar-refractivity contribution is 0.195. The van der Waals surface area contributed by atoms with Gasteiger partial charge in [-0.25, -0.2) is 8.78 Å². The Bertz CT molecular complexity index is 1020. The molecule has 1 atom stereocenters. The van der Waals surface area contributed by atoms with E-state index < -0.39 is 11.5 Å². The molecule has 26 heavy (non-hydrogen) atoms. The number of rotatable bonds is 2. The van der Waals surface area contributed by atoms with Crippen LogP contribution >= 0.6 is 0 Å². The van der Waals surface area contributed by atoms with Crippen molar-refractivity contribution in [2.24, 2.45) is 0 Å². The quantitative estimate of drug-likeness (QED) is 0.700. The normalized spacial score (nSPS) is 19.7. The third-order valence-electron chi connectivity index (χ3n) is 4.86.